The van der Waals surface area contributed by atoms with E-state index in [1.54, 1.807) is 25.6 Å². The Hall–Kier alpha value is -3.30. The van der Waals surface area contributed by atoms with Crippen molar-refractivity contribution >= 4 is 23.5 Å². The van der Waals surface area contributed by atoms with Gasteiger partial charge in [-0.1, -0.05) is 74.5 Å². The molecule has 1 aromatic heterocycles. The van der Waals surface area contributed by atoms with Gasteiger partial charge < -0.3 is 9.47 Å². The molecule has 162 valence electrons. The molecule has 2 nitrogen and oxygen atoms in total. The first-order valence-corrected chi connectivity index (χ1v) is 11.7. The molecule has 0 radical (unpaired) electrons. The lowest BCUT2D eigenvalue weighted by Gasteiger charge is -2.18. The molecule has 1 heterocycles. The monoisotopic (exact) mass is 440 g/mol. The van der Waals surface area contributed by atoms with E-state index in [2.05, 4.69) is 86.0 Å². The first-order valence-electron chi connectivity index (χ1n) is 10.8. The summed E-state index contributed by atoms with van der Waals surface area (Å²) >= 11 is 1.76. The molecule has 0 saturated carbocycles. The minimum Gasteiger partial charge on any atom is -0.493 e. The maximum absolute atomic E-state index is 5.73. The molecule has 0 atom stereocenters. The maximum Gasteiger partial charge on any atom is 0.168 e. The number of hydrogen-bond donors (Lipinski definition) is 0. The van der Waals surface area contributed by atoms with Crippen molar-refractivity contribution in [2.24, 2.45) is 0 Å². The summed E-state index contributed by atoms with van der Waals surface area (Å²) < 4.78 is 11.3. The molecule has 0 aliphatic heterocycles. The second-order valence-electron chi connectivity index (χ2n) is 7.98. The first kappa shape index (κ1) is 21.9. The van der Waals surface area contributed by atoms with Gasteiger partial charge in [0.1, 0.15) is 0 Å². The Kier molecular flexibility index (Phi) is 6.77. The van der Waals surface area contributed by atoms with Crippen LogP contribution in [-0.4, -0.2) is 14.2 Å². The lowest BCUT2D eigenvalue weighted by Crippen LogP contribution is -1.97. The van der Waals surface area contributed by atoms with E-state index in [1.807, 2.05) is 18.2 Å². The third kappa shape index (κ3) is 4.63. The molecule has 32 heavy (non-hydrogen) atoms. The average Bonchev–Trinajstić information content (AvgIpc) is 3.31. The number of methoxy groups -OCH3 is 2. The Balaban J connectivity index is 1.70. The zero-order chi connectivity index (χ0) is 22.5. The van der Waals surface area contributed by atoms with E-state index >= 15 is 0 Å². The molecular formula is C29H28O2S. The van der Waals surface area contributed by atoms with Crippen LogP contribution in [0.25, 0.3) is 34.4 Å². The van der Waals surface area contributed by atoms with Crippen LogP contribution in [0.2, 0.25) is 0 Å². The zero-order valence-electron chi connectivity index (χ0n) is 19.0. The van der Waals surface area contributed by atoms with E-state index in [0.29, 0.717) is 5.92 Å². The Morgan fingerprint density at radius 2 is 1.56 bits per heavy atom. The van der Waals surface area contributed by atoms with Crippen molar-refractivity contribution in [3.8, 4) is 33.8 Å². The van der Waals surface area contributed by atoms with Gasteiger partial charge in [-0.25, -0.2) is 0 Å². The van der Waals surface area contributed by atoms with Crippen molar-refractivity contribution in [3.05, 3.63) is 94.2 Å². The Bertz CT molecular complexity index is 1220. The summed E-state index contributed by atoms with van der Waals surface area (Å²) in [5.41, 5.74) is 7.17. The summed E-state index contributed by atoms with van der Waals surface area (Å²) in [7, 11) is 3.37. The van der Waals surface area contributed by atoms with Crippen LogP contribution in [-0.2, 0) is 0 Å². The quantitative estimate of drug-likeness (QED) is 0.287. The fourth-order valence-electron chi connectivity index (χ4n) is 3.91. The standard InChI is InChI=1S/C29H28O2S/c1-20(2)25-16-14-21(17-27(25)26-11-8-12-28(30-3)29(26)31-4)13-15-24-18-23(19-32-24)22-9-6-5-7-10-22/h5-20H,1-4H3. The third-order valence-corrected chi connectivity index (χ3v) is 6.46. The number of para-hydroxylation sites is 1. The maximum atomic E-state index is 5.73. The van der Waals surface area contributed by atoms with Crippen molar-refractivity contribution in [3.63, 3.8) is 0 Å². The summed E-state index contributed by atoms with van der Waals surface area (Å²) in [6.07, 6.45) is 4.37. The summed E-state index contributed by atoms with van der Waals surface area (Å²) in [5, 5.41) is 2.21. The van der Waals surface area contributed by atoms with E-state index in [9.17, 15) is 0 Å². The van der Waals surface area contributed by atoms with Gasteiger partial charge in [-0.05, 0) is 63.4 Å². The summed E-state index contributed by atoms with van der Waals surface area (Å²) in [6, 6.07) is 25.4. The molecule has 0 saturated heterocycles. The van der Waals surface area contributed by atoms with Crippen molar-refractivity contribution in [2.75, 3.05) is 14.2 Å². The summed E-state index contributed by atoms with van der Waals surface area (Å²) in [5.74, 6) is 1.90. The molecule has 0 aliphatic rings. The van der Waals surface area contributed by atoms with Crippen LogP contribution in [0.3, 0.4) is 0 Å². The van der Waals surface area contributed by atoms with Crippen LogP contribution < -0.4 is 9.47 Å². The van der Waals surface area contributed by atoms with Gasteiger partial charge in [0.15, 0.2) is 11.5 Å². The second kappa shape index (κ2) is 9.88. The number of ether oxygens (including phenoxy) is 2. The van der Waals surface area contributed by atoms with Gasteiger partial charge in [0.2, 0.25) is 0 Å². The Morgan fingerprint density at radius 1 is 0.750 bits per heavy atom. The van der Waals surface area contributed by atoms with Crippen LogP contribution in [0.15, 0.2) is 78.2 Å². The predicted octanol–water partition coefficient (Wildman–Crippen LogP) is 8.39. The van der Waals surface area contributed by atoms with Crippen LogP contribution in [0.5, 0.6) is 11.5 Å². The van der Waals surface area contributed by atoms with Gasteiger partial charge in [-0.3, -0.25) is 0 Å². The normalized spacial score (nSPS) is 11.3. The molecule has 0 unspecified atom stereocenters. The van der Waals surface area contributed by atoms with Gasteiger partial charge in [0.25, 0.3) is 0 Å². The lowest BCUT2D eigenvalue weighted by molar-refractivity contribution is 0.356. The largest absolute Gasteiger partial charge is 0.493 e. The minimum absolute atomic E-state index is 0.393. The van der Waals surface area contributed by atoms with Crippen molar-refractivity contribution in [2.45, 2.75) is 19.8 Å². The smallest absolute Gasteiger partial charge is 0.168 e. The summed E-state index contributed by atoms with van der Waals surface area (Å²) in [4.78, 5) is 1.23. The highest BCUT2D eigenvalue weighted by Crippen LogP contribution is 2.41. The fraction of sp³-hybridized carbons (Fsp3) is 0.172. The van der Waals surface area contributed by atoms with Gasteiger partial charge in [0.05, 0.1) is 14.2 Å². The highest BCUT2D eigenvalue weighted by Gasteiger charge is 2.16. The Labute approximate surface area is 194 Å². The molecule has 4 rings (SSSR count). The molecule has 0 bridgehead atoms. The molecule has 3 aromatic carbocycles. The molecule has 0 spiro atoms. The highest BCUT2D eigenvalue weighted by atomic mass is 32.1. The van der Waals surface area contributed by atoms with Crippen molar-refractivity contribution in [1.82, 2.24) is 0 Å². The van der Waals surface area contributed by atoms with Gasteiger partial charge in [0, 0.05) is 10.4 Å². The zero-order valence-corrected chi connectivity index (χ0v) is 19.8. The van der Waals surface area contributed by atoms with E-state index in [0.717, 1.165) is 22.6 Å². The lowest BCUT2D eigenvalue weighted by atomic mass is 9.90. The fourth-order valence-corrected chi connectivity index (χ4v) is 4.72. The van der Waals surface area contributed by atoms with Gasteiger partial charge >= 0.3 is 0 Å². The number of thiophene rings is 1. The first-order chi connectivity index (χ1) is 15.6. The van der Waals surface area contributed by atoms with Crippen LogP contribution in [0.1, 0.15) is 35.8 Å². The minimum atomic E-state index is 0.393. The summed E-state index contributed by atoms with van der Waals surface area (Å²) in [6.45, 7) is 4.44. The molecule has 4 aromatic rings. The van der Waals surface area contributed by atoms with E-state index in [-0.39, 0.29) is 0 Å². The predicted molar refractivity (Wildman–Crippen MR) is 138 cm³/mol. The highest BCUT2D eigenvalue weighted by molar-refractivity contribution is 7.11. The average molecular weight is 441 g/mol. The number of rotatable bonds is 7. The van der Waals surface area contributed by atoms with E-state index in [1.165, 1.54) is 27.1 Å². The Morgan fingerprint density at radius 3 is 2.28 bits per heavy atom. The van der Waals surface area contributed by atoms with Gasteiger partial charge in [-0.2, -0.15) is 0 Å². The number of benzene rings is 3. The van der Waals surface area contributed by atoms with Crippen LogP contribution >= 0.6 is 11.3 Å². The molecule has 0 fully saturated rings. The molecular weight excluding hydrogens is 412 g/mol. The van der Waals surface area contributed by atoms with Crippen molar-refractivity contribution in [1.29, 1.82) is 0 Å². The third-order valence-electron chi connectivity index (χ3n) is 5.56. The van der Waals surface area contributed by atoms with Crippen LogP contribution in [0, 0.1) is 0 Å². The molecule has 0 amide bonds. The second-order valence-corrected chi connectivity index (χ2v) is 8.92. The topological polar surface area (TPSA) is 18.5 Å². The molecule has 0 N–H and O–H groups in total. The van der Waals surface area contributed by atoms with E-state index in [4.69, 9.17) is 9.47 Å². The number of hydrogen-bond acceptors (Lipinski definition) is 3. The molecule has 0 aliphatic carbocycles. The van der Waals surface area contributed by atoms with Gasteiger partial charge in [-0.15, -0.1) is 11.3 Å². The SMILES string of the molecule is COc1cccc(-c2cc(C=Cc3cc(-c4ccccc4)cs3)ccc2C(C)C)c1OC. The van der Waals surface area contributed by atoms with E-state index < -0.39 is 0 Å². The molecule has 3 heteroatoms. The van der Waals surface area contributed by atoms with Crippen molar-refractivity contribution < 1.29 is 9.47 Å². The van der Waals surface area contributed by atoms with Crippen LogP contribution in [0.4, 0.5) is 0 Å².